The maximum atomic E-state index is 10.1. The van der Waals surface area contributed by atoms with E-state index >= 15 is 0 Å². The molecular formula is C6H13O4P-2. The number of phosphoric acid groups is 1. The second-order valence-corrected chi connectivity index (χ2v) is 4.10. The van der Waals surface area contributed by atoms with Gasteiger partial charge in [0.2, 0.25) is 0 Å². The Morgan fingerprint density at radius 3 is 2.09 bits per heavy atom. The van der Waals surface area contributed by atoms with Gasteiger partial charge in [-0.15, -0.1) is 0 Å². The molecule has 0 saturated carbocycles. The fourth-order valence-electron chi connectivity index (χ4n) is 0.927. The predicted molar refractivity (Wildman–Crippen MR) is 37.6 cm³/mol. The van der Waals surface area contributed by atoms with E-state index in [2.05, 4.69) is 4.52 Å². The molecule has 0 spiro atoms. The Hall–Kier alpha value is 0.110. The molecule has 1 unspecified atom stereocenters. The van der Waals surface area contributed by atoms with Gasteiger partial charge in [0.1, 0.15) is 0 Å². The van der Waals surface area contributed by atoms with E-state index in [0.29, 0.717) is 12.3 Å². The Morgan fingerprint density at radius 2 is 1.82 bits per heavy atom. The molecule has 0 aromatic rings. The van der Waals surface area contributed by atoms with Crippen molar-refractivity contribution in [2.75, 3.05) is 0 Å². The lowest BCUT2D eigenvalue weighted by Gasteiger charge is -2.32. The van der Waals surface area contributed by atoms with Crippen molar-refractivity contribution in [2.24, 2.45) is 5.92 Å². The maximum Gasteiger partial charge on any atom is 0.0601 e. The third-order valence-electron chi connectivity index (χ3n) is 1.11. The Bertz CT molecular complexity index is 151. The van der Waals surface area contributed by atoms with Crippen molar-refractivity contribution >= 4 is 7.82 Å². The summed E-state index contributed by atoms with van der Waals surface area (Å²) in [4.78, 5) is 20.1. The van der Waals surface area contributed by atoms with Gasteiger partial charge < -0.3 is 18.9 Å². The lowest BCUT2D eigenvalue weighted by Crippen LogP contribution is -2.21. The average molecular weight is 180 g/mol. The molecule has 0 aliphatic rings. The summed E-state index contributed by atoms with van der Waals surface area (Å²) in [6.45, 7) is 5.43. The van der Waals surface area contributed by atoms with Gasteiger partial charge in [-0.25, -0.2) is 0 Å². The van der Waals surface area contributed by atoms with Crippen LogP contribution in [-0.4, -0.2) is 6.10 Å². The normalized spacial score (nSPS) is 15.5. The van der Waals surface area contributed by atoms with Gasteiger partial charge in [0.25, 0.3) is 0 Å². The van der Waals surface area contributed by atoms with E-state index < -0.39 is 13.9 Å². The van der Waals surface area contributed by atoms with Crippen LogP contribution in [-0.2, 0) is 9.09 Å². The predicted octanol–water partition coefficient (Wildman–Crippen LogP) is 0.266. The van der Waals surface area contributed by atoms with Crippen molar-refractivity contribution in [3.05, 3.63) is 0 Å². The first-order valence-electron chi connectivity index (χ1n) is 3.51. The summed E-state index contributed by atoms with van der Waals surface area (Å²) in [6, 6.07) is 0. The Kier molecular flexibility index (Phi) is 4.26. The van der Waals surface area contributed by atoms with E-state index in [1.54, 1.807) is 6.92 Å². The highest BCUT2D eigenvalue weighted by Crippen LogP contribution is 2.28. The van der Waals surface area contributed by atoms with E-state index in [1.165, 1.54) is 0 Å². The van der Waals surface area contributed by atoms with E-state index in [-0.39, 0.29) is 0 Å². The van der Waals surface area contributed by atoms with Crippen molar-refractivity contribution < 1.29 is 18.9 Å². The van der Waals surface area contributed by atoms with Crippen LogP contribution >= 0.6 is 7.82 Å². The number of hydrogen-bond donors (Lipinski definition) is 0. The third-order valence-corrected chi connectivity index (χ3v) is 1.73. The molecule has 0 bridgehead atoms. The van der Waals surface area contributed by atoms with Gasteiger partial charge in [-0.05, 0) is 19.3 Å². The van der Waals surface area contributed by atoms with Gasteiger partial charge in [0, 0.05) is 0 Å². The highest BCUT2D eigenvalue weighted by molar-refractivity contribution is 7.43. The van der Waals surface area contributed by atoms with Gasteiger partial charge in [-0.2, -0.15) is 0 Å². The van der Waals surface area contributed by atoms with Crippen LogP contribution in [0.2, 0.25) is 0 Å². The fraction of sp³-hybridized carbons (Fsp3) is 1.00. The highest BCUT2D eigenvalue weighted by Gasteiger charge is 2.06. The molecule has 0 rings (SSSR count). The molecule has 1 atom stereocenters. The standard InChI is InChI=1S/C6H15O4P/c1-5(2)4-6(3)10-11(7,8)9/h5-6H,4H2,1-3H3,(H2,7,8,9)/p-2. The molecule has 0 saturated heterocycles. The summed E-state index contributed by atoms with van der Waals surface area (Å²) in [7, 11) is -4.78. The molecule has 0 fully saturated rings. The fourth-order valence-corrected chi connectivity index (χ4v) is 1.45. The molecule has 5 heteroatoms. The quantitative estimate of drug-likeness (QED) is 0.582. The zero-order valence-electron chi connectivity index (χ0n) is 6.94. The zero-order chi connectivity index (χ0) is 9.07. The van der Waals surface area contributed by atoms with Crippen LogP contribution in [0.25, 0.3) is 0 Å². The summed E-state index contributed by atoms with van der Waals surface area (Å²) in [5.74, 6) is 0.330. The van der Waals surface area contributed by atoms with Crippen molar-refractivity contribution in [1.82, 2.24) is 0 Å². The van der Waals surface area contributed by atoms with Crippen molar-refractivity contribution in [1.29, 1.82) is 0 Å². The van der Waals surface area contributed by atoms with Crippen molar-refractivity contribution in [3.63, 3.8) is 0 Å². The average Bonchev–Trinajstić information content (AvgIpc) is 1.53. The van der Waals surface area contributed by atoms with E-state index in [1.807, 2.05) is 13.8 Å². The van der Waals surface area contributed by atoms with E-state index in [9.17, 15) is 14.4 Å². The van der Waals surface area contributed by atoms with Crippen LogP contribution in [0.5, 0.6) is 0 Å². The lowest BCUT2D eigenvalue weighted by molar-refractivity contribution is -0.344. The molecule has 0 aromatic carbocycles. The molecular weight excluding hydrogens is 167 g/mol. The van der Waals surface area contributed by atoms with Gasteiger partial charge in [0.15, 0.2) is 0 Å². The SMILES string of the molecule is CC(C)CC(C)OP(=O)([O-])[O-]. The Balaban J connectivity index is 3.70. The van der Waals surface area contributed by atoms with Crippen molar-refractivity contribution in [2.45, 2.75) is 33.3 Å². The molecule has 68 valence electrons. The summed E-state index contributed by atoms with van der Waals surface area (Å²) in [5, 5.41) is 0. The van der Waals surface area contributed by atoms with Crippen LogP contribution < -0.4 is 9.79 Å². The third kappa shape index (κ3) is 8.01. The van der Waals surface area contributed by atoms with Crippen LogP contribution in [0.3, 0.4) is 0 Å². The molecule has 0 N–H and O–H groups in total. The van der Waals surface area contributed by atoms with E-state index in [4.69, 9.17) is 0 Å². The van der Waals surface area contributed by atoms with Crippen molar-refractivity contribution in [3.8, 4) is 0 Å². The summed E-state index contributed by atoms with van der Waals surface area (Å²) >= 11 is 0. The highest BCUT2D eigenvalue weighted by atomic mass is 31.2. The number of rotatable bonds is 4. The first-order chi connectivity index (χ1) is 4.81. The Labute approximate surface area is 66.8 Å². The van der Waals surface area contributed by atoms with Crippen LogP contribution in [0.1, 0.15) is 27.2 Å². The zero-order valence-corrected chi connectivity index (χ0v) is 7.84. The van der Waals surface area contributed by atoms with Gasteiger partial charge in [-0.1, -0.05) is 13.8 Å². The summed E-state index contributed by atoms with van der Waals surface area (Å²) < 4.78 is 14.3. The van der Waals surface area contributed by atoms with Crippen LogP contribution in [0, 0.1) is 5.92 Å². The number of hydrogen-bond acceptors (Lipinski definition) is 4. The Morgan fingerprint density at radius 1 is 1.36 bits per heavy atom. The molecule has 0 aliphatic heterocycles. The summed E-state index contributed by atoms with van der Waals surface area (Å²) in [6.07, 6.45) is 0.0740. The first kappa shape index (κ1) is 11.1. The minimum absolute atomic E-state index is 0.330. The molecule has 0 aliphatic carbocycles. The van der Waals surface area contributed by atoms with E-state index in [0.717, 1.165) is 0 Å². The van der Waals surface area contributed by atoms with Gasteiger partial charge in [-0.3, -0.25) is 0 Å². The molecule has 4 nitrogen and oxygen atoms in total. The molecule has 0 heterocycles. The second kappa shape index (κ2) is 4.21. The van der Waals surface area contributed by atoms with Gasteiger partial charge in [0.05, 0.1) is 13.9 Å². The van der Waals surface area contributed by atoms with Gasteiger partial charge >= 0.3 is 0 Å². The monoisotopic (exact) mass is 180 g/mol. The molecule has 0 aromatic heterocycles. The lowest BCUT2D eigenvalue weighted by atomic mass is 10.1. The minimum atomic E-state index is -4.78. The smallest absolute Gasteiger partial charge is 0.0601 e. The number of phosphoric ester groups is 1. The second-order valence-electron chi connectivity index (χ2n) is 2.99. The van der Waals surface area contributed by atoms with Crippen LogP contribution in [0.4, 0.5) is 0 Å². The van der Waals surface area contributed by atoms with Crippen LogP contribution in [0.15, 0.2) is 0 Å². The molecule has 0 radical (unpaired) electrons. The molecule has 11 heavy (non-hydrogen) atoms. The minimum Gasteiger partial charge on any atom is -0.790 e. The largest absolute Gasteiger partial charge is 0.790 e. The first-order valence-corrected chi connectivity index (χ1v) is 4.98. The maximum absolute atomic E-state index is 10.1. The molecule has 0 amide bonds. The topological polar surface area (TPSA) is 72.4 Å². The summed E-state index contributed by atoms with van der Waals surface area (Å²) in [5.41, 5.74) is 0.